The molecule has 0 atom stereocenters. The van der Waals surface area contributed by atoms with Gasteiger partial charge in [-0.15, -0.1) is 0 Å². The van der Waals surface area contributed by atoms with Crippen molar-refractivity contribution in [2.24, 2.45) is 0 Å². The van der Waals surface area contributed by atoms with Gasteiger partial charge in [-0.3, -0.25) is 0 Å². The van der Waals surface area contributed by atoms with Crippen molar-refractivity contribution in [1.29, 1.82) is 0 Å². The second-order valence-corrected chi connectivity index (χ2v) is 16.9. The van der Waals surface area contributed by atoms with Crippen molar-refractivity contribution >= 4 is 53.9 Å². The molecule has 0 N–H and O–H groups in total. The van der Waals surface area contributed by atoms with Gasteiger partial charge in [0.1, 0.15) is 0 Å². The molecule has 0 heterocycles. The first kappa shape index (κ1) is 42.7. The number of hydrogen-bond donors (Lipinski definition) is 0. The Morgan fingerprint density at radius 3 is 0.879 bits per heavy atom. The van der Waals surface area contributed by atoms with Crippen molar-refractivity contribution in [2.45, 2.75) is 135 Å². The van der Waals surface area contributed by atoms with Crippen LogP contribution in [0.5, 0.6) is 0 Å². The standard InChI is InChI=1S/C22H26.C20H22.C16H20/c1-7-17-11-21-15(5)20-10-14(4)18(8-2)12-22(20)16(6)19(21)9-13(17)3;1-5-15-7-9-17-18-10-8-16(6-2)12-20(18)14(4)13(3)19(17)11-15;1-5-13-9-15-8-12(4)14(6-2)10-16(15)7-11(13)3/h9-12H,7-8H2,1-6H3;7-12H,5-6H2,1-4H3;7-10H,5-6H2,1-4H3. The molecule has 0 aliphatic carbocycles. The molecule has 58 heavy (non-hydrogen) atoms. The minimum Gasteiger partial charge on any atom is -0.0613 e. The lowest BCUT2D eigenvalue weighted by Gasteiger charge is -2.17. The third-order valence-corrected chi connectivity index (χ3v) is 13.5. The molecule has 0 saturated heterocycles. The third kappa shape index (κ3) is 8.18. The molecule has 0 saturated carbocycles. The minimum atomic E-state index is 1.10. The molecular formula is C58H68. The fraction of sp³-hybridized carbons (Fsp3) is 0.345. The van der Waals surface area contributed by atoms with Crippen LogP contribution in [0.4, 0.5) is 0 Å². The summed E-state index contributed by atoms with van der Waals surface area (Å²) in [6, 6.07) is 32.8. The first-order chi connectivity index (χ1) is 27.8. The van der Waals surface area contributed by atoms with Crippen LogP contribution >= 0.6 is 0 Å². The van der Waals surface area contributed by atoms with Gasteiger partial charge in [0, 0.05) is 0 Å². The quantitative estimate of drug-likeness (QED) is 0.117. The molecule has 300 valence electrons. The average Bonchev–Trinajstić information content (AvgIpc) is 3.24. The summed E-state index contributed by atoms with van der Waals surface area (Å²) in [5, 5.41) is 14.1. The van der Waals surface area contributed by atoms with Crippen LogP contribution in [0.2, 0.25) is 0 Å². The van der Waals surface area contributed by atoms with E-state index in [1.807, 2.05) is 0 Å². The maximum atomic E-state index is 2.41. The Labute approximate surface area is 350 Å². The van der Waals surface area contributed by atoms with Gasteiger partial charge in [0.2, 0.25) is 0 Å². The molecule has 0 bridgehead atoms. The van der Waals surface area contributed by atoms with Crippen molar-refractivity contribution in [3.63, 3.8) is 0 Å². The number of aryl methyl sites for hydroxylation is 14. The number of benzene rings is 8. The highest BCUT2D eigenvalue weighted by molar-refractivity contribution is 6.11. The second kappa shape index (κ2) is 17.9. The van der Waals surface area contributed by atoms with Gasteiger partial charge in [0.25, 0.3) is 0 Å². The Hall–Kier alpha value is -4.94. The van der Waals surface area contributed by atoms with Crippen molar-refractivity contribution < 1.29 is 0 Å². The summed E-state index contributed by atoms with van der Waals surface area (Å²) in [5.41, 5.74) is 20.1. The summed E-state index contributed by atoms with van der Waals surface area (Å²) in [5.74, 6) is 0. The van der Waals surface area contributed by atoms with Gasteiger partial charge in [-0.1, -0.05) is 126 Å². The first-order valence-electron chi connectivity index (χ1n) is 22.2. The lowest BCUT2D eigenvalue weighted by atomic mass is 9.88. The van der Waals surface area contributed by atoms with E-state index < -0.39 is 0 Å². The Morgan fingerprint density at radius 1 is 0.259 bits per heavy atom. The lowest BCUT2D eigenvalue weighted by molar-refractivity contribution is 1.11. The Balaban J connectivity index is 0.000000149. The SMILES string of the molecule is CCc1cc2c(C)c3cc(C)c(CC)cc3c(C)c2cc1C.CCc1cc2cc(C)c(CC)cc2cc1C.CCc1ccc2c(c1)c(C)c(C)c1cc(CC)ccc12. The van der Waals surface area contributed by atoms with Crippen LogP contribution in [0.1, 0.15) is 119 Å². The topological polar surface area (TPSA) is 0 Å². The molecule has 0 heteroatoms. The molecule has 0 spiro atoms. The van der Waals surface area contributed by atoms with Crippen molar-refractivity contribution in [3.05, 3.63) is 163 Å². The van der Waals surface area contributed by atoms with E-state index in [2.05, 4.69) is 182 Å². The maximum absolute atomic E-state index is 2.41. The Bertz CT molecular complexity index is 2610. The fourth-order valence-electron chi connectivity index (χ4n) is 9.35. The van der Waals surface area contributed by atoms with Gasteiger partial charge in [0.15, 0.2) is 0 Å². The molecule has 8 rings (SSSR count). The molecule has 0 amide bonds. The second-order valence-electron chi connectivity index (χ2n) is 16.9. The van der Waals surface area contributed by atoms with E-state index in [1.54, 1.807) is 0 Å². The minimum absolute atomic E-state index is 1.10. The first-order valence-corrected chi connectivity index (χ1v) is 22.2. The molecule has 0 radical (unpaired) electrons. The van der Waals surface area contributed by atoms with Crippen LogP contribution in [0, 0.1) is 55.4 Å². The van der Waals surface area contributed by atoms with Crippen LogP contribution in [-0.4, -0.2) is 0 Å². The number of hydrogen-bond acceptors (Lipinski definition) is 0. The van der Waals surface area contributed by atoms with Crippen molar-refractivity contribution in [2.75, 3.05) is 0 Å². The Morgan fingerprint density at radius 2 is 0.552 bits per heavy atom. The molecule has 0 fully saturated rings. The van der Waals surface area contributed by atoms with E-state index in [0.717, 1.165) is 38.5 Å². The van der Waals surface area contributed by atoms with Crippen LogP contribution < -0.4 is 0 Å². The van der Waals surface area contributed by atoms with Gasteiger partial charge in [-0.25, -0.2) is 0 Å². The zero-order valence-corrected chi connectivity index (χ0v) is 38.3. The van der Waals surface area contributed by atoms with E-state index in [0.29, 0.717) is 0 Å². The largest absolute Gasteiger partial charge is 0.0613 e. The van der Waals surface area contributed by atoms with E-state index in [-0.39, 0.29) is 0 Å². The molecule has 8 aromatic rings. The molecular weight excluding hydrogens is 697 g/mol. The third-order valence-electron chi connectivity index (χ3n) is 13.5. The van der Waals surface area contributed by atoms with E-state index in [4.69, 9.17) is 0 Å². The molecule has 0 nitrogen and oxygen atoms in total. The van der Waals surface area contributed by atoms with Gasteiger partial charge in [-0.05, 0) is 226 Å². The van der Waals surface area contributed by atoms with Gasteiger partial charge in [-0.2, -0.15) is 0 Å². The Kier molecular flexibility index (Phi) is 13.2. The van der Waals surface area contributed by atoms with Gasteiger partial charge >= 0.3 is 0 Å². The predicted octanol–water partition coefficient (Wildman–Crippen LogP) is 16.7. The number of rotatable bonds is 6. The van der Waals surface area contributed by atoms with E-state index >= 15 is 0 Å². The number of fused-ring (bicyclic) bond motifs is 6. The highest BCUT2D eigenvalue weighted by Gasteiger charge is 2.13. The summed E-state index contributed by atoms with van der Waals surface area (Å²) >= 11 is 0. The van der Waals surface area contributed by atoms with Crippen LogP contribution in [0.3, 0.4) is 0 Å². The average molecular weight is 765 g/mol. The van der Waals surface area contributed by atoms with E-state index in [9.17, 15) is 0 Å². The zero-order valence-electron chi connectivity index (χ0n) is 38.3. The van der Waals surface area contributed by atoms with Crippen molar-refractivity contribution in [3.8, 4) is 0 Å². The van der Waals surface area contributed by atoms with Gasteiger partial charge < -0.3 is 0 Å². The zero-order chi connectivity index (χ0) is 42.0. The molecule has 8 aromatic carbocycles. The van der Waals surface area contributed by atoms with Crippen LogP contribution in [0.25, 0.3) is 53.9 Å². The lowest BCUT2D eigenvalue weighted by Crippen LogP contribution is -1.95. The summed E-state index contributed by atoms with van der Waals surface area (Å²) < 4.78 is 0. The highest BCUT2D eigenvalue weighted by Crippen LogP contribution is 2.36. The van der Waals surface area contributed by atoms with Crippen LogP contribution in [0.15, 0.2) is 84.9 Å². The summed E-state index contributed by atoms with van der Waals surface area (Å²) in [4.78, 5) is 0. The summed E-state index contributed by atoms with van der Waals surface area (Å²) in [6.45, 7) is 31.4. The van der Waals surface area contributed by atoms with Gasteiger partial charge in [0.05, 0.1) is 0 Å². The maximum Gasteiger partial charge on any atom is -0.0102 e. The van der Waals surface area contributed by atoms with E-state index in [1.165, 1.54) is 132 Å². The smallest absolute Gasteiger partial charge is 0.0102 e. The highest BCUT2D eigenvalue weighted by atomic mass is 14.2. The molecule has 0 aliphatic heterocycles. The van der Waals surface area contributed by atoms with Crippen LogP contribution in [-0.2, 0) is 38.5 Å². The predicted molar refractivity (Wildman–Crippen MR) is 261 cm³/mol. The normalized spacial score (nSPS) is 11.3. The monoisotopic (exact) mass is 765 g/mol. The molecule has 0 aliphatic rings. The summed E-state index contributed by atoms with van der Waals surface area (Å²) in [7, 11) is 0. The fourth-order valence-corrected chi connectivity index (χ4v) is 9.35. The van der Waals surface area contributed by atoms with Crippen molar-refractivity contribution in [1.82, 2.24) is 0 Å². The summed E-state index contributed by atoms with van der Waals surface area (Å²) in [6.07, 6.45) is 6.65. The molecule has 0 unspecified atom stereocenters. The molecule has 0 aromatic heterocycles.